The summed E-state index contributed by atoms with van der Waals surface area (Å²) in [6, 6.07) is 79.5. The maximum Gasteiger partial charge on any atom is 0.0561 e. The van der Waals surface area contributed by atoms with Gasteiger partial charge in [-0.25, -0.2) is 0 Å². The highest BCUT2D eigenvalue weighted by Crippen LogP contribution is 2.42. The second-order valence-electron chi connectivity index (χ2n) is 14.5. The van der Waals surface area contributed by atoms with Gasteiger partial charge in [0.1, 0.15) is 0 Å². The molecule has 262 valence electrons. The minimum Gasteiger partial charge on any atom is -0.310 e. The molecular weight excluding hydrogens is 677 g/mol. The van der Waals surface area contributed by atoms with E-state index in [9.17, 15) is 0 Å². The third-order valence-corrected chi connectivity index (χ3v) is 11.4. The fourth-order valence-electron chi connectivity index (χ4n) is 8.72. The lowest BCUT2D eigenvalue weighted by Gasteiger charge is -2.26. The second kappa shape index (κ2) is 13.2. The lowest BCUT2D eigenvalue weighted by molar-refractivity contribution is 1.18. The molecule has 2 nitrogen and oxygen atoms in total. The number of para-hydroxylation sites is 2. The van der Waals surface area contributed by atoms with Crippen molar-refractivity contribution in [3.63, 3.8) is 0 Å². The SMILES string of the molecule is c1ccc(-c2ccc(N(c3ccc(-c4cc5c6ccccc6ccc5c5ccccc45)cc3)c3ccc4c5ccccc5n(-c5ccccc5)c4c3)cc2)cc1. The normalized spacial score (nSPS) is 11.6. The van der Waals surface area contributed by atoms with Crippen molar-refractivity contribution in [1.82, 2.24) is 4.57 Å². The van der Waals surface area contributed by atoms with Crippen molar-refractivity contribution in [3.8, 4) is 27.9 Å². The third-order valence-electron chi connectivity index (χ3n) is 11.4. The van der Waals surface area contributed by atoms with E-state index in [1.165, 1.54) is 76.4 Å². The van der Waals surface area contributed by atoms with Crippen LogP contribution in [0.5, 0.6) is 0 Å². The molecule has 0 spiro atoms. The van der Waals surface area contributed by atoms with Gasteiger partial charge in [0.25, 0.3) is 0 Å². The molecule has 0 radical (unpaired) electrons. The summed E-state index contributed by atoms with van der Waals surface area (Å²) in [6.45, 7) is 0. The summed E-state index contributed by atoms with van der Waals surface area (Å²) < 4.78 is 2.39. The van der Waals surface area contributed by atoms with E-state index in [1.54, 1.807) is 0 Å². The van der Waals surface area contributed by atoms with E-state index in [4.69, 9.17) is 0 Å². The van der Waals surface area contributed by atoms with Crippen molar-refractivity contribution in [2.75, 3.05) is 4.90 Å². The number of hydrogen-bond acceptors (Lipinski definition) is 1. The first kappa shape index (κ1) is 32.0. The molecule has 11 aromatic rings. The smallest absolute Gasteiger partial charge is 0.0561 e. The summed E-state index contributed by atoms with van der Waals surface area (Å²) in [5, 5.41) is 10.1. The quantitative estimate of drug-likeness (QED) is 0.156. The van der Waals surface area contributed by atoms with Gasteiger partial charge in [-0.05, 0) is 115 Å². The molecule has 0 aliphatic carbocycles. The number of hydrogen-bond donors (Lipinski definition) is 0. The zero-order valence-corrected chi connectivity index (χ0v) is 30.7. The van der Waals surface area contributed by atoms with Gasteiger partial charge in [-0.15, -0.1) is 0 Å². The molecule has 1 aromatic heterocycles. The van der Waals surface area contributed by atoms with Gasteiger partial charge in [0.15, 0.2) is 0 Å². The minimum atomic E-state index is 1.10. The highest BCUT2D eigenvalue weighted by atomic mass is 15.1. The van der Waals surface area contributed by atoms with Crippen LogP contribution in [0.4, 0.5) is 17.1 Å². The molecule has 0 saturated carbocycles. The van der Waals surface area contributed by atoms with Gasteiger partial charge >= 0.3 is 0 Å². The van der Waals surface area contributed by atoms with Crippen LogP contribution in [-0.2, 0) is 0 Å². The monoisotopic (exact) mass is 712 g/mol. The zero-order valence-electron chi connectivity index (χ0n) is 30.7. The number of aromatic nitrogens is 1. The Morgan fingerprint density at radius 3 is 1.55 bits per heavy atom. The molecule has 0 saturated heterocycles. The van der Waals surface area contributed by atoms with Crippen LogP contribution in [-0.4, -0.2) is 4.57 Å². The van der Waals surface area contributed by atoms with E-state index in [1.807, 2.05) is 0 Å². The van der Waals surface area contributed by atoms with Crippen molar-refractivity contribution in [2.45, 2.75) is 0 Å². The molecule has 0 aliphatic rings. The van der Waals surface area contributed by atoms with Crippen LogP contribution in [0.3, 0.4) is 0 Å². The van der Waals surface area contributed by atoms with E-state index < -0.39 is 0 Å². The Balaban J connectivity index is 1.09. The Labute approximate surface area is 325 Å². The van der Waals surface area contributed by atoms with Crippen LogP contribution in [0.25, 0.3) is 82.1 Å². The maximum absolute atomic E-state index is 2.39. The number of anilines is 3. The zero-order chi connectivity index (χ0) is 37.0. The predicted octanol–water partition coefficient (Wildman–Crippen LogP) is 15.0. The fraction of sp³-hybridized carbons (Fsp3) is 0. The molecule has 0 amide bonds. The van der Waals surface area contributed by atoms with Crippen LogP contribution in [0, 0.1) is 0 Å². The first-order valence-corrected chi connectivity index (χ1v) is 19.3. The number of rotatable bonds is 6. The van der Waals surface area contributed by atoms with Gasteiger partial charge in [-0.3, -0.25) is 0 Å². The van der Waals surface area contributed by atoms with Crippen molar-refractivity contribution >= 4 is 71.2 Å². The molecule has 0 bridgehead atoms. The standard InChI is InChI=1S/C54H36N2/c1-3-13-37(14-4-1)38-23-28-42(29-24-38)55(44-32-34-50-49-21-11-12-22-53(49)56(54(50)35-44)41-16-5-2-6-17-41)43-30-25-40(26-31-43)51-36-52-45-18-8-7-15-39(45)27-33-48(52)46-19-9-10-20-47(46)51/h1-36H. The van der Waals surface area contributed by atoms with Gasteiger partial charge in [0.05, 0.1) is 11.0 Å². The van der Waals surface area contributed by atoms with Crippen molar-refractivity contribution in [3.05, 3.63) is 218 Å². The molecular formula is C54H36N2. The molecule has 56 heavy (non-hydrogen) atoms. The highest BCUT2D eigenvalue weighted by molar-refractivity contribution is 6.21. The summed E-state index contributed by atoms with van der Waals surface area (Å²) in [6.07, 6.45) is 0. The van der Waals surface area contributed by atoms with Crippen LogP contribution in [0.1, 0.15) is 0 Å². The molecule has 10 aromatic carbocycles. The van der Waals surface area contributed by atoms with Crippen molar-refractivity contribution in [2.24, 2.45) is 0 Å². The molecule has 0 aliphatic heterocycles. The van der Waals surface area contributed by atoms with E-state index in [2.05, 4.69) is 228 Å². The summed E-state index contributed by atoms with van der Waals surface area (Å²) in [4.78, 5) is 2.39. The van der Waals surface area contributed by atoms with Crippen molar-refractivity contribution < 1.29 is 0 Å². The Morgan fingerprint density at radius 2 is 0.804 bits per heavy atom. The van der Waals surface area contributed by atoms with E-state index >= 15 is 0 Å². The van der Waals surface area contributed by atoms with Gasteiger partial charge in [0, 0.05) is 33.5 Å². The summed E-state index contributed by atoms with van der Waals surface area (Å²) in [5.41, 5.74) is 11.6. The van der Waals surface area contributed by atoms with Crippen LogP contribution >= 0.6 is 0 Å². The number of fused-ring (bicyclic) bond motifs is 8. The molecule has 0 N–H and O–H groups in total. The van der Waals surface area contributed by atoms with E-state index in [0.717, 1.165) is 22.7 Å². The maximum atomic E-state index is 2.39. The molecule has 1 heterocycles. The molecule has 0 fully saturated rings. The van der Waals surface area contributed by atoms with Gasteiger partial charge < -0.3 is 9.47 Å². The van der Waals surface area contributed by atoms with Gasteiger partial charge in [-0.1, -0.05) is 158 Å². The van der Waals surface area contributed by atoms with E-state index in [0.29, 0.717) is 0 Å². The molecule has 0 atom stereocenters. The third kappa shape index (κ3) is 5.26. The predicted molar refractivity (Wildman–Crippen MR) is 239 cm³/mol. The lowest BCUT2D eigenvalue weighted by atomic mass is 9.91. The first-order valence-electron chi connectivity index (χ1n) is 19.3. The minimum absolute atomic E-state index is 1.10. The van der Waals surface area contributed by atoms with Crippen LogP contribution in [0.15, 0.2) is 218 Å². The fourth-order valence-corrected chi connectivity index (χ4v) is 8.72. The van der Waals surface area contributed by atoms with Crippen LogP contribution < -0.4 is 4.90 Å². The Bertz CT molecular complexity index is 3210. The van der Waals surface area contributed by atoms with Gasteiger partial charge in [0.2, 0.25) is 0 Å². The number of benzene rings is 10. The highest BCUT2D eigenvalue weighted by Gasteiger charge is 2.18. The molecule has 0 unspecified atom stereocenters. The Morgan fingerprint density at radius 1 is 0.286 bits per heavy atom. The van der Waals surface area contributed by atoms with Crippen molar-refractivity contribution in [1.29, 1.82) is 0 Å². The topological polar surface area (TPSA) is 8.17 Å². The average Bonchev–Trinajstić information content (AvgIpc) is 3.61. The average molecular weight is 713 g/mol. The Kier molecular flexibility index (Phi) is 7.53. The summed E-state index contributed by atoms with van der Waals surface area (Å²) >= 11 is 0. The second-order valence-corrected chi connectivity index (χ2v) is 14.5. The Hall–Kier alpha value is -7.42. The largest absolute Gasteiger partial charge is 0.310 e. The van der Waals surface area contributed by atoms with E-state index in [-0.39, 0.29) is 0 Å². The summed E-state index contributed by atoms with van der Waals surface area (Å²) in [7, 11) is 0. The number of nitrogens with zero attached hydrogens (tertiary/aromatic N) is 2. The first-order chi connectivity index (χ1) is 27.8. The van der Waals surface area contributed by atoms with Crippen LogP contribution in [0.2, 0.25) is 0 Å². The molecule has 11 rings (SSSR count). The summed E-state index contributed by atoms with van der Waals surface area (Å²) in [5.74, 6) is 0. The lowest BCUT2D eigenvalue weighted by Crippen LogP contribution is -2.10. The molecule has 2 heteroatoms. The van der Waals surface area contributed by atoms with Gasteiger partial charge in [-0.2, -0.15) is 0 Å².